The van der Waals surface area contributed by atoms with Crippen LogP contribution in [0.3, 0.4) is 0 Å². The van der Waals surface area contributed by atoms with Crippen molar-refractivity contribution < 1.29 is 9.32 Å². The van der Waals surface area contributed by atoms with Crippen molar-refractivity contribution in [2.75, 3.05) is 0 Å². The lowest BCUT2D eigenvalue weighted by molar-refractivity contribution is 0.0948. The van der Waals surface area contributed by atoms with E-state index in [9.17, 15) is 4.79 Å². The molecular weight excluding hydrogens is 232 g/mol. The molecule has 0 spiro atoms. The van der Waals surface area contributed by atoms with Crippen LogP contribution in [0.15, 0.2) is 10.7 Å². The molecule has 0 radical (unpaired) electrons. The van der Waals surface area contributed by atoms with Crippen LogP contribution in [-0.4, -0.2) is 21.3 Å². The molecule has 2 aromatic heterocycles. The Morgan fingerprint density at radius 3 is 2.89 bits per heavy atom. The van der Waals surface area contributed by atoms with Gasteiger partial charge in [-0.05, 0) is 20.3 Å². The summed E-state index contributed by atoms with van der Waals surface area (Å²) >= 11 is 0. The van der Waals surface area contributed by atoms with Gasteiger partial charge in [0, 0.05) is 17.8 Å². The summed E-state index contributed by atoms with van der Waals surface area (Å²) < 4.78 is 5.04. The van der Waals surface area contributed by atoms with E-state index < -0.39 is 0 Å². The number of hydrogen-bond donors (Lipinski definition) is 2. The quantitative estimate of drug-likeness (QED) is 0.859. The number of aromatic nitrogens is 3. The lowest BCUT2D eigenvalue weighted by Crippen LogP contribution is -2.24. The molecule has 2 heterocycles. The molecule has 1 amide bonds. The zero-order chi connectivity index (χ0) is 13.1. The van der Waals surface area contributed by atoms with Crippen LogP contribution in [0, 0.1) is 13.8 Å². The van der Waals surface area contributed by atoms with Gasteiger partial charge >= 0.3 is 0 Å². The van der Waals surface area contributed by atoms with Gasteiger partial charge in [-0.3, -0.25) is 9.89 Å². The lowest BCUT2D eigenvalue weighted by Gasteiger charge is -2.04. The summed E-state index contributed by atoms with van der Waals surface area (Å²) in [5.74, 6) is 0.388. The molecule has 0 fully saturated rings. The van der Waals surface area contributed by atoms with Crippen molar-refractivity contribution >= 4 is 5.91 Å². The summed E-state index contributed by atoms with van der Waals surface area (Å²) in [6, 6.07) is 0. The van der Waals surface area contributed by atoms with Crippen LogP contribution in [0.25, 0.3) is 0 Å². The molecule has 2 aromatic rings. The number of carbonyl (C=O) groups is 1. The topological polar surface area (TPSA) is 83.8 Å². The van der Waals surface area contributed by atoms with Gasteiger partial charge in [-0.2, -0.15) is 5.10 Å². The van der Waals surface area contributed by atoms with Gasteiger partial charge in [-0.1, -0.05) is 12.1 Å². The highest BCUT2D eigenvalue weighted by molar-refractivity contribution is 5.96. The second kappa shape index (κ2) is 5.03. The fraction of sp³-hybridized carbons (Fsp3) is 0.417. The Labute approximate surface area is 105 Å². The van der Waals surface area contributed by atoms with Crippen LogP contribution in [0.4, 0.5) is 0 Å². The number of H-pyrrole nitrogens is 1. The number of carbonyl (C=O) groups excluding carboxylic acids is 1. The highest BCUT2D eigenvalue weighted by Crippen LogP contribution is 2.14. The summed E-state index contributed by atoms with van der Waals surface area (Å²) in [4.78, 5) is 12.1. The summed E-state index contributed by atoms with van der Waals surface area (Å²) in [7, 11) is 0. The fourth-order valence-corrected chi connectivity index (χ4v) is 1.77. The highest BCUT2D eigenvalue weighted by atomic mass is 16.5. The molecule has 0 unspecified atom stereocenters. The van der Waals surface area contributed by atoms with Gasteiger partial charge in [0.25, 0.3) is 5.91 Å². The lowest BCUT2D eigenvalue weighted by atomic mass is 10.1. The highest BCUT2D eigenvalue weighted by Gasteiger charge is 2.18. The molecule has 18 heavy (non-hydrogen) atoms. The number of nitrogens with zero attached hydrogens (tertiary/aromatic N) is 2. The van der Waals surface area contributed by atoms with Crippen molar-refractivity contribution in [1.82, 2.24) is 20.7 Å². The van der Waals surface area contributed by atoms with E-state index in [2.05, 4.69) is 20.7 Å². The average Bonchev–Trinajstić information content (AvgIpc) is 2.92. The van der Waals surface area contributed by atoms with E-state index in [1.807, 2.05) is 13.8 Å². The molecular formula is C12H16N4O2. The average molecular weight is 248 g/mol. The molecule has 0 aliphatic rings. The number of aryl methyl sites for hydroxylation is 3. The molecule has 6 heteroatoms. The maximum atomic E-state index is 12.1. The Morgan fingerprint density at radius 1 is 1.50 bits per heavy atom. The third-order valence-corrected chi connectivity index (χ3v) is 2.87. The molecule has 6 nitrogen and oxygen atoms in total. The van der Waals surface area contributed by atoms with Crippen molar-refractivity contribution in [3.05, 3.63) is 34.5 Å². The Bertz CT molecular complexity index is 556. The SMILES string of the molecule is CCc1noc(C)c1C(=O)NCc1cn[nH]c1C. The van der Waals surface area contributed by atoms with Gasteiger partial charge < -0.3 is 9.84 Å². The Morgan fingerprint density at radius 2 is 2.28 bits per heavy atom. The first-order valence-corrected chi connectivity index (χ1v) is 5.85. The minimum Gasteiger partial charge on any atom is -0.361 e. The number of hydrogen-bond acceptors (Lipinski definition) is 4. The van der Waals surface area contributed by atoms with Gasteiger partial charge in [0.15, 0.2) is 0 Å². The van der Waals surface area contributed by atoms with E-state index in [-0.39, 0.29) is 5.91 Å². The number of nitrogens with one attached hydrogen (secondary N) is 2. The van der Waals surface area contributed by atoms with Crippen LogP contribution < -0.4 is 5.32 Å². The van der Waals surface area contributed by atoms with Crippen molar-refractivity contribution in [1.29, 1.82) is 0 Å². The predicted molar refractivity (Wildman–Crippen MR) is 65.1 cm³/mol. The fourth-order valence-electron chi connectivity index (χ4n) is 1.77. The van der Waals surface area contributed by atoms with Crippen LogP contribution >= 0.6 is 0 Å². The van der Waals surface area contributed by atoms with Crippen LogP contribution in [0.2, 0.25) is 0 Å². The van der Waals surface area contributed by atoms with Crippen molar-refractivity contribution in [2.45, 2.75) is 33.7 Å². The third-order valence-electron chi connectivity index (χ3n) is 2.87. The molecule has 0 saturated carbocycles. The van der Waals surface area contributed by atoms with Gasteiger partial charge in [-0.25, -0.2) is 0 Å². The summed E-state index contributed by atoms with van der Waals surface area (Å²) in [6.45, 7) is 6.03. The smallest absolute Gasteiger partial charge is 0.257 e. The summed E-state index contributed by atoms with van der Waals surface area (Å²) in [6.07, 6.45) is 2.38. The van der Waals surface area contributed by atoms with E-state index in [1.165, 1.54) is 0 Å². The number of amides is 1. The Kier molecular flexibility index (Phi) is 3.45. The Hall–Kier alpha value is -2.11. The first-order valence-electron chi connectivity index (χ1n) is 5.85. The summed E-state index contributed by atoms with van der Waals surface area (Å²) in [5.41, 5.74) is 3.15. The molecule has 0 atom stereocenters. The molecule has 0 bridgehead atoms. The Balaban J connectivity index is 2.08. The van der Waals surface area contributed by atoms with Crippen molar-refractivity contribution in [2.24, 2.45) is 0 Å². The van der Waals surface area contributed by atoms with E-state index in [1.54, 1.807) is 13.1 Å². The first-order chi connectivity index (χ1) is 8.63. The third kappa shape index (κ3) is 2.27. The summed E-state index contributed by atoms with van der Waals surface area (Å²) in [5, 5.41) is 13.4. The molecule has 0 aliphatic carbocycles. The van der Waals surface area contributed by atoms with Gasteiger partial charge in [0.05, 0.1) is 11.9 Å². The van der Waals surface area contributed by atoms with Crippen LogP contribution in [0.1, 0.15) is 40.0 Å². The molecule has 0 aromatic carbocycles. The zero-order valence-electron chi connectivity index (χ0n) is 10.7. The van der Waals surface area contributed by atoms with E-state index in [0.29, 0.717) is 30.0 Å². The number of aromatic amines is 1. The monoisotopic (exact) mass is 248 g/mol. The van der Waals surface area contributed by atoms with Crippen molar-refractivity contribution in [3.8, 4) is 0 Å². The molecule has 2 N–H and O–H groups in total. The van der Waals surface area contributed by atoms with Crippen LogP contribution in [-0.2, 0) is 13.0 Å². The van der Waals surface area contributed by atoms with Gasteiger partial charge in [0.2, 0.25) is 0 Å². The van der Waals surface area contributed by atoms with Gasteiger partial charge in [0.1, 0.15) is 11.3 Å². The second-order valence-corrected chi connectivity index (χ2v) is 4.12. The molecule has 0 aliphatic heterocycles. The first kappa shape index (κ1) is 12.3. The van der Waals surface area contributed by atoms with Gasteiger partial charge in [-0.15, -0.1) is 0 Å². The second-order valence-electron chi connectivity index (χ2n) is 4.12. The predicted octanol–water partition coefficient (Wildman–Crippen LogP) is 1.51. The molecule has 2 rings (SSSR count). The minimum atomic E-state index is -0.161. The van der Waals surface area contributed by atoms with E-state index in [4.69, 9.17) is 4.52 Å². The standard InChI is InChI=1S/C12H16N4O2/c1-4-10-11(8(3)18-16-10)12(17)13-5-9-6-14-15-7(9)2/h6H,4-5H2,1-3H3,(H,13,17)(H,14,15). The largest absolute Gasteiger partial charge is 0.361 e. The number of rotatable bonds is 4. The molecule has 0 saturated heterocycles. The van der Waals surface area contributed by atoms with Crippen molar-refractivity contribution in [3.63, 3.8) is 0 Å². The van der Waals surface area contributed by atoms with E-state index in [0.717, 1.165) is 11.3 Å². The maximum absolute atomic E-state index is 12.1. The zero-order valence-corrected chi connectivity index (χ0v) is 10.7. The van der Waals surface area contributed by atoms with E-state index >= 15 is 0 Å². The molecule has 96 valence electrons. The minimum absolute atomic E-state index is 0.161. The maximum Gasteiger partial charge on any atom is 0.257 e. The van der Waals surface area contributed by atoms with Crippen LogP contribution in [0.5, 0.6) is 0 Å². The normalized spacial score (nSPS) is 10.6.